The van der Waals surface area contributed by atoms with E-state index in [1.54, 1.807) is 10.9 Å². The van der Waals surface area contributed by atoms with Gasteiger partial charge in [-0.3, -0.25) is 0 Å². The molecule has 22 heavy (non-hydrogen) atoms. The van der Waals surface area contributed by atoms with Gasteiger partial charge in [-0.1, -0.05) is 24.3 Å². The number of aryl methyl sites for hydroxylation is 2. The molecule has 0 aliphatic heterocycles. The second-order valence-electron chi connectivity index (χ2n) is 5.78. The van der Waals surface area contributed by atoms with E-state index < -0.39 is 0 Å². The largest absolute Gasteiger partial charge is 0.331 e. The number of carbonyl (C=O) groups excluding carboxylic acids is 1. The number of fused-ring (bicyclic) bond motifs is 1. The smallest absolute Gasteiger partial charge is 0.315 e. The first-order valence-electron chi connectivity index (χ1n) is 7.64. The first kappa shape index (κ1) is 14.6. The van der Waals surface area contributed by atoms with Crippen LogP contribution in [0.15, 0.2) is 30.6 Å². The summed E-state index contributed by atoms with van der Waals surface area (Å²) in [6.07, 6.45) is 4.79. The van der Waals surface area contributed by atoms with Crippen LogP contribution in [0, 0.1) is 0 Å². The summed E-state index contributed by atoms with van der Waals surface area (Å²) in [5.41, 5.74) is 2.57. The van der Waals surface area contributed by atoms with Gasteiger partial charge in [0.05, 0.1) is 12.1 Å². The highest BCUT2D eigenvalue weighted by molar-refractivity contribution is 5.75. The van der Waals surface area contributed by atoms with E-state index in [4.69, 9.17) is 0 Å². The zero-order valence-corrected chi connectivity index (χ0v) is 12.9. The van der Waals surface area contributed by atoms with Crippen LogP contribution in [0.25, 0.3) is 0 Å². The van der Waals surface area contributed by atoms with Crippen LogP contribution in [0.3, 0.4) is 0 Å². The van der Waals surface area contributed by atoms with Gasteiger partial charge in [-0.2, -0.15) is 0 Å². The van der Waals surface area contributed by atoms with Crippen molar-refractivity contribution in [3.05, 3.63) is 47.5 Å². The number of nitrogens with one attached hydrogen (secondary N) is 2. The number of carbonyl (C=O) groups is 1. The Hall–Kier alpha value is -2.37. The lowest BCUT2D eigenvalue weighted by Gasteiger charge is -2.27. The van der Waals surface area contributed by atoms with Gasteiger partial charge >= 0.3 is 6.03 Å². The molecule has 2 atom stereocenters. The molecule has 1 heterocycles. The standard InChI is InChI=1S/C16H21N5O/c1-11(15-20-17-10-21(15)2)18-16(22)19-14-9-5-7-12-6-3-4-8-13(12)14/h3-4,6,8,10-11,14H,5,7,9H2,1-2H3,(H2,18,19,22). The van der Waals surface area contributed by atoms with Gasteiger partial charge in [0.1, 0.15) is 6.33 Å². The van der Waals surface area contributed by atoms with E-state index in [1.807, 2.05) is 20.0 Å². The van der Waals surface area contributed by atoms with Crippen LogP contribution in [0.1, 0.15) is 48.8 Å². The zero-order chi connectivity index (χ0) is 15.5. The van der Waals surface area contributed by atoms with Crippen LogP contribution >= 0.6 is 0 Å². The third-order valence-corrected chi connectivity index (χ3v) is 4.16. The Kier molecular flexibility index (Phi) is 4.09. The number of aromatic nitrogens is 3. The molecule has 1 aliphatic carbocycles. The number of benzene rings is 1. The van der Waals surface area contributed by atoms with E-state index in [2.05, 4.69) is 39.0 Å². The average Bonchev–Trinajstić information content (AvgIpc) is 2.94. The topological polar surface area (TPSA) is 71.8 Å². The molecule has 6 heteroatoms. The average molecular weight is 299 g/mol. The molecule has 116 valence electrons. The fourth-order valence-corrected chi connectivity index (χ4v) is 3.05. The van der Waals surface area contributed by atoms with Crippen molar-refractivity contribution in [1.82, 2.24) is 25.4 Å². The van der Waals surface area contributed by atoms with Gasteiger partial charge in [0.15, 0.2) is 5.82 Å². The van der Waals surface area contributed by atoms with Gasteiger partial charge in [0.25, 0.3) is 0 Å². The maximum absolute atomic E-state index is 12.3. The Labute approximate surface area is 129 Å². The second kappa shape index (κ2) is 6.17. The maximum Gasteiger partial charge on any atom is 0.315 e. The van der Waals surface area contributed by atoms with Crippen molar-refractivity contribution in [2.24, 2.45) is 7.05 Å². The van der Waals surface area contributed by atoms with Crippen molar-refractivity contribution in [3.8, 4) is 0 Å². The van der Waals surface area contributed by atoms with Crippen LogP contribution in [0.5, 0.6) is 0 Å². The van der Waals surface area contributed by atoms with E-state index in [0.29, 0.717) is 0 Å². The van der Waals surface area contributed by atoms with E-state index in [1.165, 1.54) is 11.1 Å². The van der Waals surface area contributed by atoms with Crippen molar-refractivity contribution in [2.75, 3.05) is 0 Å². The van der Waals surface area contributed by atoms with Crippen LogP contribution in [0.4, 0.5) is 4.79 Å². The predicted molar refractivity (Wildman–Crippen MR) is 83.2 cm³/mol. The summed E-state index contributed by atoms with van der Waals surface area (Å²) in [7, 11) is 1.86. The lowest BCUT2D eigenvalue weighted by Crippen LogP contribution is -2.40. The molecular formula is C16H21N5O. The Morgan fingerprint density at radius 1 is 1.41 bits per heavy atom. The molecule has 0 radical (unpaired) electrons. The minimum atomic E-state index is -0.189. The molecule has 0 fully saturated rings. The molecular weight excluding hydrogens is 278 g/mol. The highest BCUT2D eigenvalue weighted by Crippen LogP contribution is 2.29. The normalized spacial score (nSPS) is 18.4. The minimum Gasteiger partial charge on any atom is -0.331 e. The molecule has 1 aliphatic rings. The third-order valence-electron chi connectivity index (χ3n) is 4.16. The summed E-state index contributed by atoms with van der Waals surface area (Å²) in [4.78, 5) is 12.3. The molecule has 0 saturated heterocycles. The molecule has 1 aromatic carbocycles. The van der Waals surface area contributed by atoms with Crippen molar-refractivity contribution in [2.45, 2.75) is 38.3 Å². The fraction of sp³-hybridized carbons (Fsp3) is 0.438. The number of hydrogen-bond donors (Lipinski definition) is 2. The zero-order valence-electron chi connectivity index (χ0n) is 12.9. The molecule has 1 aromatic heterocycles. The molecule has 6 nitrogen and oxygen atoms in total. The molecule has 3 rings (SSSR count). The molecule has 0 spiro atoms. The predicted octanol–water partition coefficient (Wildman–Crippen LogP) is 2.25. The Morgan fingerprint density at radius 2 is 2.23 bits per heavy atom. The summed E-state index contributed by atoms with van der Waals surface area (Å²) in [5.74, 6) is 0.735. The van der Waals surface area contributed by atoms with E-state index in [0.717, 1.165) is 25.1 Å². The number of hydrogen-bond acceptors (Lipinski definition) is 3. The van der Waals surface area contributed by atoms with Crippen molar-refractivity contribution in [1.29, 1.82) is 0 Å². The van der Waals surface area contributed by atoms with Crippen LogP contribution in [-0.2, 0) is 13.5 Å². The fourth-order valence-electron chi connectivity index (χ4n) is 3.05. The molecule has 2 unspecified atom stereocenters. The van der Waals surface area contributed by atoms with Crippen molar-refractivity contribution in [3.63, 3.8) is 0 Å². The Balaban J connectivity index is 1.64. The highest BCUT2D eigenvalue weighted by atomic mass is 16.2. The SMILES string of the molecule is CC(NC(=O)NC1CCCc2ccccc21)c1nncn1C. The molecule has 2 N–H and O–H groups in total. The van der Waals surface area contributed by atoms with E-state index in [-0.39, 0.29) is 18.1 Å². The maximum atomic E-state index is 12.3. The summed E-state index contributed by atoms with van der Waals surface area (Å²) in [6.45, 7) is 1.90. The lowest BCUT2D eigenvalue weighted by atomic mass is 9.88. The van der Waals surface area contributed by atoms with Crippen LogP contribution in [0.2, 0.25) is 0 Å². The van der Waals surface area contributed by atoms with E-state index in [9.17, 15) is 4.79 Å². The van der Waals surface area contributed by atoms with Gasteiger partial charge < -0.3 is 15.2 Å². The number of rotatable bonds is 3. The van der Waals surface area contributed by atoms with Gasteiger partial charge in [-0.15, -0.1) is 10.2 Å². The molecule has 0 saturated carbocycles. The number of amides is 2. The second-order valence-corrected chi connectivity index (χ2v) is 5.78. The minimum absolute atomic E-state index is 0.0802. The Morgan fingerprint density at radius 3 is 3.00 bits per heavy atom. The number of nitrogens with zero attached hydrogens (tertiary/aromatic N) is 3. The van der Waals surface area contributed by atoms with Crippen LogP contribution in [-0.4, -0.2) is 20.8 Å². The monoisotopic (exact) mass is 299 g/mol. The molecule has 2 amide bonds. The van der Waals surface area contributed by atoms with Crippen LogP contribution < -0.4 is 10.6 Å². The first-order valence-corrected chi connectivity index (χ1v) is 7.64. The number of urea groups is 1. The van der Waals surface area contributed by atoms with E-state index >= 15 is 0 Å². The highest BCUT2D eigenvalue weighted by Gasteiger charge is 2.22. The van der Waals surface area contributed by atoms with Crippen molar-refractivity contribution < 1.29 is 4.79 Å². The summed E-state index contributed by atoms with van der Waals surface area (Å²) in [6, 6.07) is 8.05. The summed E-state index contributed by atoms with van der Waals surface area (Å²) >= 11 is 0. The van der Waals surface area contributed by atoms with Gasteiger partial charge in [-0.05, 0) is 37.3 Å². The lowest BCUT2D eigenvalue weighted by molar-refractivity contribution is 0.232. The van der Waals surface area contributed by atoms with Gasteiger partial charge in [0.2, 0.25) is 0 Å². The van der Waals surface area contributed by atoms with Crippen molar-refractivity contribution >= 4 is 6.03 Å². The summed E-state index contributed by atoms with van der Waals surface area (Å²) in [5, 5.41) is 13.9. The molecule has 0 bridgehead atoms. The summed E-state index contributed by atoms with van der Waals surface area (Å²) < 4.78 is 1.81. The third kappa shape index (κ3) is 2.95. The quantitative estimate of drug-likeness (QED) is 0.913. The first-order chi connectivity index (χ1) is 10.6. The van der Waals surface area contributed by atoms with Gasteiger partial charge in [-0.25, -0.2) is 4.79 Å². The Bertz CT molecular complexity index is 666. The molecule has 2 aromatic rings. The van der Waals surface area contributed by atoms with Gasteiger partial charge in [0, 0.05) is 7.05 Å².